The smallest absolute Gasteiger partial charge is 0.160 e. The average Bonchev–Trinajstić information content (AvgIpc) is 2.45. The van der Waals surface area contributed by atoms with Crippen LogP contribution in [0.1, 0.15) is 11.3 Å². The van der Waals surface area contributed by atoms with Crippen molar-refractivity contribution in [2.24, 2.45) is 4.99 Å². The number of nitrogens with zero attached hydrogens (tertiary/aromatic N) is 2. The van der Waals surface area contributed by atoms with Crippen LogP contribution in [0.4, 0.5) is 0 Å². The van der Waals surface area contributed by atoms with E-state index >= 15 is 0 Å². The largest absolute Gasteiger partial charge is 0.255 e. The number of aliphatic imine (C=N–C) groups is 1. The van der Waals surface area contributed by atoms with Crippen molar-refractivity contribution in [1.29, 1.82) is 0 Å². The molecule has 0 atom stereocenters. The number of hydrogen-bond donors (Lipinski definition) is 0. The molecule has 2 aromatic rings. The molecular formula is C14H12N2S2. The molecule has 90 valence electrons. The molecule has 0 saturated heterocycles. The first-order chi connectivity index (χ1) is 8.84. The molecule has 1 aromatic carbocycles. The van der Waals surface area contributed by atoms with Gasteiger partial charge in [0, 0.05) is 11.9 Å². The Morgan fingerprint density at radius 1 is 1.17 bits per heavy atom. The fourth-order valence-electron chi connectivity index (χ4n) is 1.33. The van der Waals surface area contributed by atoms with Crippen LogP contribution in [0.15, 0.2) is 59.7 Å². The molecule has 0 fully saturated rings. The van der Waals surface area contributed by atoms with Crippen LogP contribution >= 0.6 is 24.0 Å². The van der Waals surface area contributed by atoms with Crippen LogP contribution in [0, 0.1) is 0 Å². The molecule has 1 aromatic heterocycles. The summed E-state index contributed by atoms with van der Waals surface area (Å²) in [5, 5.41) is 0. The Labute approximate surface area is 116 Å². The minimum Gasteiger partial charge on any atom is -0.255 e. The third-order valence-corrected chi connectivity index (χ3v) is 3.48. The average molecular weight is 272 g/mol. The van der Waals surface area contributed by atoms with Crippen LogP contribution in [0.3, 0.4) is 0 Å². The van der Waals surface area contributed by atoms with Crippen molar-refractivity contribution in [3.8, 4) is 0 Å². The summed E-state index contributed by atoms with van der Waals surface area (Å²) in [6.07, 6.45) is 3.43. The summed E-state index contributed by atoms with van der Waals surface area (Å²) in [6, 6.07) is 15.9. The second-order valence-electron chi connectivity index (χ2n) is 3.55. The van der Waals surface area contributed by atoms with Crippen LogP contribution in [0.5, 0.6) is 0 Å². The zero-order chi connectivity index (χ0) is 12.6. The van der Waals surface area contributed by atoms with E-state index in [1.807, 2.05) is 36.4 Å². The number of hydrogen-bond acceptors (Lipinski definition) is 3. The second kappa shape index (κ2) is 7.03. The third kappa shape index (κ3) is 4.39. The van der Waals surface area contributed by atoms with Crippen molar-refractivity contribution in [3.05, 3.63) is 66.0 Å². The van der Waals surface area contributed by atoms with E-state index in [1.165, 1.54) is 5.56 Å². The minimum atomic E-state index is 0.629. The lowest BCUT2D eigenvalue weighted by Gasteiger charge is -1.99. The van der Waals surface area contributed by atoms with Crippen molar-refractivity contribution in [2.45, 2.75) is 5.75 Å². The molecule has 0 saturated carbocycles. The highest BCUT2D eigenvalue weighted by molar-refractivity contribution is 8.22. The number of benzene rings is 1. The summed E-state index contributed by atoms with van der Waals surface area (Å²) >= 11 is 6.74. The fraction of sp³-hybridized carbons (Fsp3) is 0.0714. The Bertz CT molecular complexity index is 524. The monoisotopic (exact) mass is 272 g/mol. The van der Waals surface area contributed by atoms with Gasteiger partial charge in [-0.05, 0) is 17.7 Å². The lowest BCUT2D eigenvalue weighted by atomic mass is 10.2. The van der Waals surface area contributed by atoms with Gasteiger partial charge in [0.25, 0.3) is 0 Å². The maximum atomic E-state index is 5.19. The predicted octanol–water partition coefficient (Wildman–Crippen LogP) is 3.72. The predicted molar refractivity (Wildman–Crippen MR) is 82.2 cm³/mol. The van der Waals surface area contributed by atoms with Crippen LogP contribution in [-0.4, -0.2) is 15.5 Å². The SMILES string of the molecule is S=C(/N=C/c1ccccn1)SCc1ccccc1. The van der Waals surface area contributed by atoms with Gasteiger partial charge in [-0.3, -0.25) is 4.98 Å². The number of pyridine rings is 1. The Hall–Kier alpha value is -1.52. The maximum absolute atomic E-state index is 5.19. The summed E-state index contributed by atoms with van der Waals surface area (Å²) in [4.78, 5) is 8.37. The van der Waals surface area contributed by atoms with Crippen LogP contribution in [0.25, 0.3) is 0 Å². The normalized spacial score (nSPS) is 10.7. The van der Waals surface area contributed by atoms with Gasteiger partial charge in [-0.1, -0.05) is 60.4 Å². The highest BCUT2D eigenvalue weighted by Crippen LogP contribution is 2.14. The summed E-state index contributed by atoms with van der Waals surface area (Å²) in [5.41, 5.74) is 2.07. The van der Waals surface area contributed by atoms with Gasteiger partial charge in [0.2, 0.25) is 0 Å². The Balaban J connectivity index is 1.84. The van der Waals surface area contributed by atoms with E-state index in [0.717, 1.165) is 11.4 Å². The number of rotatable bonds is 3. The van der Waals surface area contributed by atoms with E-state index < -0.39 is 0 Å². The molecule has 0 unspecified atom stereocenters. The van der Waals surface area contributed by atoms with Crippen molar-refractivity contribution < 1.29 is 0 Å². The van der Waals surface area contributed by atoms with E-state index in [1.54, 1.807) is 24.2 Å². The molecule has 0 radical (unpaired) electrons. The Morgan fingerprint density at radius 2 is 1.94 bits per heavy atom. The van der Waals surface area contributed by atoms with Gasteiger partial charge in [0.15, 0.2) is 4.32 Å². The molecule has 0 spiro atoms. The van der Waals surface area contributed by atoms with Crippen LogP contribution < -0.4 is 0 Å². The molecule has 0 N–H and O–H groups in total. The molecule has 0 bridgehead atoms. The molecule has 2 nitrogen and oxygen atoms in total. The first-order valence-corrected chi connectivity index (χ1v) is 6.90. The zero-order valence-corrected chi connectivity index (χ0v) is 11.3. The lowest BCUT2D eigenvalue weighted by Crippen LogP contribution is -1.90. The minimum absolute atomic E-state index is 0.629. The lowest BCUT2D eigenvalue weighted by molar-refractivity contribution is 1.30. The first kappa shape index (κ1) is 12.9. The van der Waals surface area contributed by atoms with E-state index in [-0.39, 0.29) is 0 Å². The molecule has 0 aliphatic carbocycles. The summed E-state index contributed by atoms with van der Waals surface area (Å²) < 4.78 is 0.629. The van der Waals surface area contributed by atoms with E-state index in [9.17, 15) is 0 Å². The van der Waals surface area contributed by atoms with Gasteiger partial charge in [-0.15, -0.1) is 0 Å². The molecule has 2 rings (SSSR count). The van der Waals surface area contributed by atoms with E-state index in [4.69, 9.17) is 12.2 Å². The van der Waals surface area contributed by atoms with Crippen LogP contribution in [-0.2, 0) is 5.75 Å². The summed E-state index contributed by atoms with van der Waals surface area (Å²) in [6.45, 7) is 0. The third-order valence-electron chi connectivity index (χ3n) is 2.20. The molecule has 1 heterocycles. The van der Waals surface area contributed by atoms with Gasteiger partial charge in [-0.2, -0.15) is 0 Å². The van der Waals surface area contributed by atoms with Crippen LogP contribution in [0.2, 0.25) is 0 Å². The molecule has 4 heteroatoms. The molecular weight excluding hydrogens is 260 g/mol. The van der Waals surface area contributed by atoms with Gasteiger partial charge in [0.05, 0.1) is 11.9 Å². The molecule has 0 aliphatic heterocycles. The van der Waals surface area contributed by atoms with Gasteiger partial charge < -0.3 is 0 Å². The first-order valence-electron chi connectivity index (χ1n) is 5.50. The van der Waals surface area contributed by atoms with Crippen molar-refractivity contribution in [1.82, 2.24) is 4.98 Å². The molecule has 18 heavy (non-hydrogen) atoms. The molecule has 0 amide bonds. The maximum Gasteiger partial charge on any atom is 0.160 e. The Morgan fingerprint density at radius 3 is 2.67 bits per heavy atom. The summed E-state index contributed by atoms with van der Waals surface area (Å²) in [7, 11) is 0. The quantitative estimate of drug-likeness (QED) is 0.629. The standard InChI is InChI=1S/C14H12N2S2/c17-14(16-10-13-8-4-5-9-15-13)18-11-12-6-2-1-3-7-12/h1-10H,11H2/b16-10+. The Kier molecular flexibility index (Phi) is 5.05. The molecule has 0 aliphatic rings. The van der Waals surface area contributed by atoms with Crippen molar-refractivity contribution in [2.75, 3.05) is 0 Å². The van der Waals surface area contributed by atoms with E-state index in [2.05, 4.69) is 22.1 Å². The number of aromatic nitrogens is 1. The van der Waals surface area contributed by atoms with Crippen molar-refractivity contribution >= 4 is 34.5 Å². The van der Waals surface area contributed by atoms with Crippen molar-refractivity contribution in [3.63, 3.8) is 0 Å². The second-order valence-corrected chi connectivity index (χ2v) is 5.16. The topological polar surface area (TPSA) is 25.2 Å². The zero-order valence-electron chi connectivity index (χ0n) is 9.69. The van der Waals surface area contributed by atoms with Gasteiger partial charge in [0.1, 0.15) is 0 Å². The summed E-state index contributed by atoms with van der Waals surface area (Å²) in [5.74, 6) is 0.846. The highest BCUT2D eigenvalue weighted by atomic mass is 32.2. The fourth-order valence-corrected chi connectivity index (χ4v) is 2.17. The number of thioether (sulfide) groups is 1. The van der Waals surface area contributed by atoms with E-state index in [0.29, 0.717) is 4.32 Å². The number of thiocarbonyl (C=S) groups is 1. The highest BCUT2D eigenvalue weighted by Gasteiger charge is 1.96. The van der Waals surface area contributed by atoms with Gasteiger partial charge >= 0.3 is 0 Å². The van der Waals surface area contributed by atoms with Gasteiger partial charge in [-0.25, -0.2) is 4.99 Å².